The van der Waals surface area contributed by atoms with Crippen LogP contribution in [0.4, 0.5) is 24.5 Å². The van der Waals surface area contributed by atoms with E-state index in [0.717, 1.165) is 24.3 Å². The first kappa shape index (κ1) is 22.5. The molecule has 0 aliphatic heterocycles. The first-order valence-corrected chi connectivity index (χ1v) is 8.68. The number of ether oxygens (including phenoxy) is 1. The second kappa shape index (κ2) is 9.59. The Bertz CT molecular complexity index is 988. The average molecular weight is 420 g/mol. The zero-order chi connectivity index (χ0) is 22.3. The predicted molar refractivity (Wildman–Crippen MR) is 107 cm³/mol. The molecule has 0 aromatic heterocycles. The van der Waals surface area contributed by atoms with E-state index in [0.29, 0.717) is 5.69 Å². The van der Waals surface area contributed by atoms with Gasteiger partial charge in [-0.2, -0.15) is 13.2 Å². The molecule has 0 saturated carbocycles. The highest BCUT2D eigenvalue weighted by molar-refractivity contribution is 6.05. The number of carbonyl (C=O) groups excluding carboxylic acids is 2. The zero-order valence-electron chi connectivity index (χ0n) is 15.8. The van der Waals surface area contributed by atoms with Gasteiger partial charge in [0.05, 0.1) is 12.2 Å². The molecule has 0 heterocycles. The number of carbonyl (C=O) groups is 2. The molecule has 2 rings (SSSR count). The van der Waals surface area contributed by atoms with E-state index in [1.54, 1.807) is 13.0 Å². The van der Waals surface area contributed by atoms with Crippen LogP contribution in [-0.4, -0.2) is 24.4 Å². The molecule has 158 valence electrons. The minimum Gasteiger partial charge on any atom is -0.463 e. The summed E-state index contributed by atoms with van der Waals surface area (Å²) in [5, 5.41) is 12.1. The van der Waals surface area contributed by atoms with E-state index in [1.165, 1.54) is 24.3 Å². The lowest BCUT2D eigenvalue weighted by atomic mass is 10.0. The van der Waals surface area contributed by atoms with Gasteiger partial charge in [0.25, 0.3) is 5.91 Å². The molecule has 0 aliphatic carbocycles. The summed E-state index contributed by atoms with van der Waals surface area (Å²) in [4.78, 5) is 23.8. The fourth-order valence-corrected chi connectivity index (χ4v) is 2.47. The lowest BCUT2D eigenvalue weighted by Crippen LogP contribution is -2.21. The van der Waals surface area contributed by atoms with E-state index in [4.69, 9.17) is 11.1 Å². The summed E-state index contributed by atoms with van der Waals surface area (Å²) in [6.07, 6.45) is -2.80. The first-order chi connectivity index (χ1) is 14.1. The van der Waals surface area contributed by atoms with Crippen molar-refractivity contribution in [1.82, 2.24) is 0 Å². The van der Waals surface area contributed by atoms with Crippen molar-refractivity contribution >= 4 is 35.3 Å². The smallest absolute Gasteiger partial charge is 0.417 e. The quantitative estimate of drug-likeness (QED) is 0.245. The number of anilines is 2. The second-order valence-electron chi connectivity index (χ2n) is 5.96. The predicted octanol–water partition coefficient (Wildman–Crippen LogP) is 3.84. The highest BCUT2D eigenvalue weighted by Gasteiger charge is 2.33. The van der Waals surface area contributed by atoms with Crippen molar-refractivity contribution in [3.8, 4) is 0 Å². The Morgan fingerprint density at radius 3 is 2.47 bits per heavy atom. The molecule has 0 radical (unpaired) electrons. The van der Waals surface area contributed by atoms with Crippen molar-refractivity contribution in [1.29, 1.82) is 5.41 Å². The molecule has 0 aliphatic rings. The van der Waals surface area contributed by atoms with Gasteiger partial charge in [-0.05, 0) is 48.9 Å². The van der Waals surface area contributed by atoms with Gasteiger partial charge in [-0.1, -0.05) is 12.1 Å². The molecule has 1 amide bonds. The number of hydrogen-bond acceptors (Lipinski definition) is 4. The van der Waals surface area contributed by atoms with Crippen molar-refractivity contribution in [3.63, 3.8) is 0 Å². The van der Waals surface area contributed by atoms with Crippen LogP contribution < -0.4 is 16.4 Å². The maximum Gasteiger partial charge on any atom is 0.417 e. The lowest BCUT2D eigenvalue weighted by molar-refractivity contribution is -0.138. The summed E-state index contributed by atoms with van der Waals surface area (Å²) >= 11 is 0. The van der Waals surface area contributed by atoms with Gasteiger partial charge >= 0.3 is 12.1 Å². The fourth-order valence-electron chi connectivity index (χ4n) is 2.47. The Labute approximate surface area is 170 Å². The summed E-state index contributed by atoms with van der Waals surface area (Å²) in [5.41, 5.74) is 4.42. The van der Waals surface area contributed by atoms with Crippen molar-refractivity contribution < 1.29 is 27.5 Å². The minimum absolute atomic E-state index is 0.0782. The molecule has 0 atom stereocenters. The minimum atomic E-state index is -4.71. The molecule has 30 heavy (non-hydrogen) atoms. The number of nitrogens with two attached hydrogens (primary N) is 1. The van der Waals surface area contributed by atoms with E-state index in [2.05, 4.69) is 15.4 Å². The van der Waals surface area contributed by atoms with Crippen LogP contribution in [0.1, 0.15) is 28.4 Å². The second-order valence-corrected chi connectivity index (χ2v) is 5.96. The van der Waals surface area contributed by atoms with Gasteiger partial charge in [0, 0.05) is 23.0 Å². The van der Waals surface area contributed by atoms with Crippen LogP contribution >= 0.6 is 0 Å². The molecular formula is C20H19F3N4O3. The van der Waals surface area contributed by atoms with Crippen molar-refractivity contribution in [2.75, 3.05) is 17.2 Å². The number of alkyl halides is 3. The lowest BCUT2D eigenvalue weighted by Gasteiger charge is -2.13. The van der Waals surface area contributed by atoms with Gasteiger partial charge < -0.3 is 21.1 Å². The third-order valence-electron chi connectivity index (χ3n) is 3.71. The monoisotopic (exact) mass is 420 g/mol. The van der Waals surface area contributed by atoms with Crippen LogP contribution in [0.25, 0.3) is 6.08 Å². The summed E-state index contributed by atoms with van der Waals surface area (Å²) in [6, 6.07) is 9.17. The average Bonchev–Trinajstić information content (AvgIpc) is 2.66. The fraction of sp³-hybridized carbons (Fsp3) is 0.150. The summed E-state index contributed by atoms with van der Waals surface area (Å²) in [6.45, 7) is 1.68. The first-order valence-electron chi connectivity index (χ1n) is 8.68. The van der Waals surface area contributed by atoms with E-state index in [-0.39, 0.29) is 29.4 Å². The highest BCUT2D eigenvalue weighted by Crippen LogP contribution is 2.34. The topological polar surface area (TPSA) is 117 Å². The molecule has 5 N–H and O–H groups in total. The Hall–Kier alpha value is -3.82. The molecule has 2 aromatic rings. The van der Waals surface area contributed by atoms with Crippen molar-refractivity contribution in [2.24, 2.45) is 5.73 Å². The van der Waals surface area contributed by atoms with Crippen LogP contribution in [0.2, 0.25) is 0 Å². The number of amides is 1. The SMILES string of the molecule is CCOC(=O)C=Cc1ccc(NC(=O)c2cccc(NC(=N)N)c2)cc1C(F)(F)F. The summed E-state index contributed by atoms with van der Waals surface area (Å²) < 4.78 is 45.0. The third kappa shape index (κ3) is 6.36. The molecule has 0 fully saturated rings. The highest BCUT2D eigenvalue weighted by atomic mass is 19.4. The number of halogens is 3. The Morgan fingerprint density at radius 2 is 1.83 bits per heavy atom. The number of rotatable bonds is 6. The zero-order valence-corrected chi connectivity index (χ0v) is 15.8. The van der Waals surface area contributed by atoms with Gasteiger partial charge in [-0.3, -0.25) is 10.2 Å². The summed E-state index contributed by atoms with van der Waals surface area (Å²) in [5.74, 6) is -1.74. The van der Waals surface area contributed by atoms with Crippen molar-refractivity contribution in [3.05, 3.63) is 65.2 Å². The van der Waals surface area contributed by atoms with E-state index in [1.807, 2.05) is 0 Å². The number of guanidine groups is 1. The normalized spacial score (nSPS) is 11.2. The van der Waals surface area contributed by atoms with Gasteiger partial charge in [0.1, 0.15) is 0 Å². The molecule has 2 aromatic carbocycles. The van der Waals surface area contributed by atoms with Crippen LogP contribution in [0.5, 0.6) is 0 Å². The molecule has 0 bridgehead atoms. The molecule has 0 saturated heterocycles. The standard InChI is InChI=1S/C20H19F3N4O3/c1-2-30-17(28)9-7-12-6-8-15(11-16(12)20(21,22)23)26-18(29)13-4-3-5-14(10-13)27-19(24)25/h3-11H,2H2,1H3,(H,26,29)(H4,24,25,27). The molecule has 0 spiro atoms. The maximum absolute atomic E-state index is 13.4. The van der Waals surface area contributed by atoms with Crippen LogP contribution in [0.3, 0.4) is 0 Å². The maximum atomic E-state index is 13.4. The number of hydrogen-bond donors (Lipinski definition) is 4. The van der Waals surface area contributed by atoms with E-state index >= 15 is 0 Å². The van der Waals surface area contributed by atoms with Crippen molar-refractivity contribution in [2.45, 2.75) is 13.1 Å². The van der Waals surface area contributed by atoms with Crippen LogP contribution in [0, 0.1) is 5.41 Å². The Morgan fingerprint density at radius 1 is 1.13 bits per heavy atom. The van der Waals surface area contributed by atoms with Crippen LogP contribution in [0.15, 0.2) is 48.5 Å². The summed E-state index contributed by atoms with van der Waals surface area (Å²) in [7, 11) is 0. The largest absolute Gasteiger partial charge is 0.463 e. The number of nitrogens with one attached hydrogen (secondary N) is 3. The molecule has 7 nitrogen and oxygen atoms in total. The van der Waals surface area contributed by atoms with Gasteiger partial charge in [-0.25, -0.2) is 4.79 Å². The molecule has 10 heteroatoms. The Balaban J connectivity index is 2.27. The Kier molecular flexibility index (Phi) is 7.18. The van der Waals surface area contributed by atoms with Gasteiger partial charge in [0.15, 0.2) is 5.96 Å². The van der Waals surface area contributed by atoms with E-state index in [9.17, 15) is 22.8 Å². The van der Waals surface area contributed by atoms with Crippen LogP contribution in [-0.2, 0) is 15.7 Å². The van der Waals surface area contributed by atoms with Gasteiger partial charge in [0.2, 0.25) is 0 Å². The number of esters is 1. The third-order valence-corrected chi connectivity index (χ3v) is 3.71. The van der Waals surface area contributed by atoms with Gasteiger partial charge in [-0.15, -0.1) is 0 Å². The molecular weight excluding hydrogens is 401 g/mol. The number of benzene rings is 2. The molecule has 0 unspecified atom stereocenters. The van der Waals surface area contributed by atoms with E-state index < -0.39 is 23.6 Å².